The van der Waals surface area contributed by atoms with E-state index in [4.69, 9.17) is 4.98 Å². The lowest BCUT2D eigenvalue weighted by molar-refractivity contribution is -0.384. The van der Waals surface area contributed by atoms with E-state index in [2.05, 4.69) is 53.8 Å². The number of amides is 1. The Hall–Kier alpha value is -4.03. The predicted octanol–water partition coefficient (Wildman–Crippen LogP) is 5.92. The molecule has 1 fully saturated rings. The first-order valence-electron chi connectivity index (χ1n) is 13.7. The zero-order chi connectivity index (χ0) is 29.2. The Morgan fingerprint density at radius 3 is 2.40 bits per heavy atom. The normalized spacial score (nSPS) is 14.4. The van der Waals surface area contributed by atoms with E-state index < -0.39 is 4.92 Å². The Morgan fingerprint density at radius 1 is 1.00 bits per heavy atom. The Kier molecular flexibility index (Phi) is 8.07. The number of hydrogen-bond donors (Lipinski definition) is 0. The summed E-state index contributed by atoms with van der Waals surface area (Å²) in [6, 6.07) is 22.9. The Labute approximate surface area is 255 Å². The summed E-state index contributed by atoms with van der Waals surface area (Å²) in [6.45, 7) is 5.10. The van der Waals surface area contributed by atoms with Crippen LogP contribution in [0.3, 0.4) is 0 Å². The summed E-state index contributed by atoms with van der Waals surface area (Å²) in [7, 11) is 0. The van der Waals surface area contributed by atoms with Gasteiger partial charge in [0.1, 0.15) is 5.52 Å². The molecular formula is C30H28BrN7O3S. The molecule has 1 aliphatic heterocycles. The average Bonchev–Trinajstić information content (AvgIpc) is 3.33. The largest absolute Gasteiger partial charge is 0.368 e. The van der Waals surface area contributed by atoms with Crippen molar-refractivity contribution in [2.45, 2.75) is 30.3 Å². The van der Waals surface area contributed by atoms with Crippen molar-refractivity contribution >= 4 is 67.0 Å². The zero-order valence-corrected chi connectivity index (χ0v) is 25.3. The standard InChI is InChI=1S/C30H28BrN7O3S/c1-2-26(29(39)36-17-15-35(16-18-36)22-11-13-23(14-12-22)38(40)41)42-30-32-28-27(33-34-30)24-5-3-4-6-25(24)37(28)19-20-7-9-21(31)10-8-20/h3-14,26H,2,15-19H2,1H3. The zero-order valence-electron chi connectivity index (χ0n) is 22.9. The van der Waals surface area contributed by atoms with Gasteiger partial charge in [-0.25, -0.2) is 4.98 Å². The van der Waals surface area contributed by atoms with Crippen molar-refractivity contribution in [1.82, 2.24) is 24.6 Å². The van der Waals surface area contributed by atoms with Gasteiger partial charge in [-0.3, -0.25) is 14.9 Å². The number of halogens is 1. The highest BCUT2D eigenvalue weighted by atomic mass is 79.9. The third-order valence-electron chi connectivity index (χ3n) is 7.52. The minimum Gasteiger partial charge on any atom is -0.368 e. The van der Waals surface area contributed by atoms with Crippen molar-refractivity contribution < 1.29 is 9.72 Å². The molecule has 6 rings (SSSR count). The number of rotatable bonds is 8. The number of nitro benzene ring substituents is 1. The van der Waals surface area contributed by atoms with E-state index in [1.165, 1.54) is 23.9 Å². The van der Waals surface area contributed by atoms with Crippen LogP contribution in [0.2, 0.25) is 0 Å². The first-order chi connectivity index (χ1) is 20.4. The smallest absolute Gasteiger partial charge is 0.269 e. The Balaban J connectivity index is 1.19. The van der Waals surface area contributed by atoms with E-state index in [0.717, 1.165) is 37.8 Å². The summed E-state index contributed by atoms with van der Waals surface area (Å²) in [5.74, 6) is 0.0601. The van der Waals surface area contributed by atoms with Crippen LogP contribution in [0.5, 0.6) is 0 Å². The first kappa shape index (κ1) is 28.1. The van der Waals surface area contributed by atoms with Crippen LogP contribution in [-0.4, -0.2) is 66.9 Å². The average molecular weight is 647 g/mol. The van der Waals surface area contributed by atoms with Gasteiger partial charge in [-0.2, -0.15) is 0 Å². The molecule has 1 aliphatic rings. The van der Waals surface area contributed by atoms with E-state index in [1.54, 1.807) is 12.1 Å². The highest BCUT2D eigenvalue weighted by Crippen LogP contribution is 2.31. The van der Waals surface area contributed by atoms with E-state index in [1.807, 2.05) is 42.2 Å². The maximum atomic E-state index is 13.6. The monoisotopic (exact) mass is 645 g/mol. The number of carbonyl (C=O) groups is 1. The number of fused-ring (bicyclic) bond motifs is 3. The number of non-ortho nitro benzene ring substituents is 1. The molecule has 42 heavy (non-hydrogen) atoms. The minimum absolute atomic E-state index is 0.0601. The predicted molar refractivity (Wildman–Crippen MR) is 168 cm³/mol. The van der Waals surface area contributed by atoms with Crippen LogP contribution in [0.4, 0.5) is 11.4 Å². The number of anilines is 1. The van der Waals surface area contributed by atoms with Crippen molar-refractivity contribution in [2.75, 3.05) is 31.1 Å². The number of nitro groups is 1. The van der Waals surface area contributed by atoms with Crippen molar-refractivity contribution in [1.29, 1.82) is 0 Å². The van der Waals surface area contributed by atoms with Crippen molar-refractivity contribution in [3.05, 3.63) is 92.9 Å². The second-order valence-corrected chi connectivity index (χ2v) is 12.2. The molecule has 214 valence electrons. The summed E-state index contributed by atoms with van der Waals surface area (Å²) in [6.07, 6.45) is 0.634. The number of piperazine rings is 1. The molecule has 0 radical (unpaired) electrons. The summed E-state index contributed by atoms with van der Waals surface area (Å²) in [5, 5.41) is 21.1. The lowest BCUT2D eigenvalue weighted by Crippen LogP contribution is -2.51. The van der Waals surface area contributed by atoms with E-state index in [9.17, 15) is 14.9 Å². The van der Waals surface area contributed by atoms with Crippen LogP contribution in [0, 0.1) is 10.1 Å². The number of nitrogens with zero attached hydrogens (tertiary/aromatic N) is 7. The van der Waals surface area contributed by atoms with Gasteiger partial charge in [-0.1, -0.05) is 64.9 Å². The molecule has 0 aliphatic carbocycles. The van der Waals surface area contributed by atoms with E-state index >= 15 is 0 Å². The second-order valence-electron chi connectivity index (χ2n) is 10.1. The fraction of sp³-hybridized carbons (Fsp3) is 0.267. The highest BCUT2D eigenvalue weighted by Gasteiger charge is 2.29. The molecule has 3 aromatic carbocycles. The molecule has 1 atom stereocenters. The fourth-order valence-corrected chi connectivity index (χ4v) is 6.44. The van der Waals surface area contributed by atoms with Crippen LogP contribution in [0.15, 0.2) is 82.4 Å². The van der Waals surface area contributed by atoms with Crippen LogP contribution in [0.1, 0.15) is 18.9 Å². The molecule has 10 nitrogen and oxygen atoms in total. The molecule has 5 aromatic rings. The molecular weight excluding hydrogens is 618 g/mol. The van der Waals surface area contributed by atoms with Crippen LogP contribution in [0.25, 0.3) is 22.1 Å². The first-order valence-corrected chi connectivity index (χ1v) is 15.4. The molecule has 12 heteroatoms. The van der Waals surface area contributed by atoms with E-state index in [0.29, 0.717) is 44.3 Å². The van der Waals surface area contributed by atoms with Gasteiger partial charge in [0.25, 0.3) is 5.69 Å². The van der Waals surface area contributed by atoms with Gasteiger partial charge in [0.15, 0.2) is 5.65 Å². The Morgan fingerprint density at radius 2 is 1.71 bits per heavy atom. The minimum atomic E-state index is -0.401. The summed E-state index contributed by atoms with van der Waals surface area (Å²) in [4.78, 5) is 33.1. The molecule has 3 heterocycles. The summed E-state index contributed by atoms with van der Waals surface area (Å²) < 4.78 is 3.19. The fourth-order valence-electron chi connectivity index (χ4n) is 5.28. The number of benzene rings is 3. The molecule has 1 saturated heterocycles. The number of hydrogen-bond acceptors (Lipinski definition) is 8. The van der Waals surface area contributed by atoms with Crippen LogP contribution < -0.4 is 4.90 Å². The third kappa shape index (κ3) is 5.68. The number of aromatic nitrogens is 4. The third-order valence-corrected chi connectivity index (χ3v) is 9.25. The summed E-state index contributed by atoms with van der Waals surface area (Å²) >= 11 is 4.87. The highest BCUT2D eigenvalue weighted by molar-refractivity contribution is 9.10. The molecule has 2 aromatic heterocycles. The van der Waals surface area contributed by atoms with Gasteiger partial charge in [-0.15, -0.1) is 10.2 Å². The van der Waals surface area contributed by atoms with Crippen LogP contribution in [-0.2, 0) is 11.3 Å². The van der Waals surface area contributed by atoms with Gasteiger partial charge in [-0.05, 0) is 42.3 Å². The molecule has 1 unspecified atom stereocenters. The number of para-hydroxylation sites is 1. The van der Waals surface area contributed by atoms with Gasteiger partial charge >= 0.3 is 0 Å². The van der Waals surface area contributed by atoms with Gasteiger partial charge < -0.3 is 14.4 Å². The maximum Gasteiger partial charge on any atom is 0.269 e. The SMILES string of the molecule is CCC(Sc1nnc2c3ccccc3n(Cc3ccc(Br)cc3)c2n1)C(=O)N1CCN(c2ccc([N+](=O)[O-])cc2)CC1. The van der Waals surface area contributed by atoms with E-state index in [-0.39, 0.29) is 16.8 Å². The van der Waals surface area contributed by atoms with Gasteiger partial charge in [0, 0.05) is 60.4 Å². The van der Waals surface area contributed by atoms with Crippen molar-refractivity contribution in [2.24, 2.45) is 0 Å². The van der Waals surface area contributed by atoms with Crippen molar-refractivity contribution in [3.63, 3.8) is 0 Å². The lowest BCUT2D eigenvalue weighted by atomic mass is 10.2. The lowest BCUT2D eigenvalue weighted by Gasteiger charge is -2.37. The molecule has 0 N–H and O–H groups in total. The topological polar surface area (TPSA) is 110 Å². The van der Waals surface area contributed by atoms with Crippen LogP contribution >= 0.6 is 27.7 Å². The molecule has 0 saturated carbocycles. The van der Waals surface area contributed by atoms with Gasteiger partial charge in [0.2, 0.25) is 11.1 Å². The van der Waals surface area contributed by atoms with Crippen molar-refractivity contribution in [3.8, 4) is 0 Å². The quantitative estimate of drug-likeness (QED) is 0.116. The molecule has 0 bridgehead atoms. The maximum absolute atomic E-state index is 13.6. The Bertz CT molecular complexity index is 1750. The number of carbonyl (C=O) groups excluding carboxylic acids is 1. The number of thioether (sulfide) groups is 1. The second kappa shape index (κ2) is 12.1. The molecule has 0 spiro atoms. The van der Waals surface area contributed by atoms with Gasteiger partial charge in [0.05, 0.1) is 15.7 Å². The summed E-state index contributed by atoms with van der Waals surface area (Å²) in [5.41, 5.74) is 4.65. The molecule has 1 amide bonds.